The summed E-state index contributed by atoms with van der Waals surface area (Å²) in [4.78, 5) is 30.4. The highest BCUT2D eigenvalue weighted by atomic mass is 35.5. The van der Waals surface area contributed by atoms with Gasteiger partial charge in [0.2, 0.25) is 5.95 Å². The minimum Gasteiger partial charge on any atom is -0.497 e. The van der Waals surface area contributed by atoms with Crippen molar-refractivity contribution in [1.82, 2.24) is 14.8 Å². The molecule has 5 rings (SSSR count). The van der Waals surface area contributed by atoms with Crippen LogP contribution in [0.1, 0.15) is 40.0 Å². The maximum absolute atomic E-state index is 13.8. The maximum Gasteiger partial charge on any atom is 0.269 e. The van der Waals surface area contributed by atoms with Gasteiger partial charge in [0.1, 0.15) is 12.1 Å². The third-order valence-electron chi connectivity index (χ3n) is 6.13. The van der Waals surface area contributed by atoms with E-state index in [-0.39, 0.29) is 17.6 Å². The molecule has 2 atom stereocenters. The Morgan fingerprint density at radius 2 is 1.77 bits per heavy atom. The molecular formula is C25H20ClN5O4. The number of ether oxygens (including phenoxy) is 1. The molecule has 4 aromatic rings. The van der Waals surface area contributed by atoms with Crippen molar-refractivity contribution in [3.05, 3.63) is 111 Å². The second-order valence-electron chi connectivity index (χ2n) is 8.05. The van der Waals surface area contributed by atoms with Crippen LogP contribution in [0.5, 0.6) is 5.75 Å². The van der Waals surface area contributed by atoms with Gasteiger partial charge >= 0.3 is 0 Å². The predicted octanol–water partition coefficient (Wildman–Crippen LogP) is 5.23. The summed E-state index contributed by atoms with van der Waals surface area (Å²) in [5, 5.41) is 16.1. The number of nitro groups is 1. The van der Waals surface area contributed by atoms with E-state index in [4.69, 9.17) is 16.3 Å². The molecule has 35 heavy (non-hydrogen) atoms. The molecule has 3 aromatic carbocycles. The minimum absolute atomic E-state index is 0.0890. The third kappa shape index (κ3) is 4.10. The van der Waals surface area contributed by atoms with Gasteiger partial charge in [-0.15, -0.1) is 0 Å². The van der Waals surface area contributed by atoms with E-state index in [9.17, 15) is 14.9 Å². The van der Waals surface area contributed by atoms with Crippen molar-refractivity contribution in [2.75, 3.05) is 12.0 Å². The van der Waals surface area contributed by atoms with E-state index in [2.05, 4.69) is 10.1 Å². The van der Waals surface area contributed by atoms with Crippen molar-refractivity contribution in [3.63, 3.8) is 0 Å². The molecule has 0 N–H and O–H groups in total. The van der Waals surface area contributed by atoms with Crippen LogP contribution in [0.4, 0.5) is 11.6 Å². The number of fused-ring (bicyclic) bond motifs is 1. The number of rotatable bonds is 5. The molecule has 0 aliphatic carbocycles. The van der Waals surface area contributed by atoms with Gasteiger partial charge in [0.05, 0.1) is 24.1 Å². The van der Waals surface area contributed by atoms with Crippen LogP contribution < -0.4 is 9.64 Å². The van der Waals surface area contributed by atoms with E-state index >= 15 is 0 Å². The normalized spacial score (nSPS) is 17.0. The number of anilines is 1. The lowest BCUT2D eigenvalue weighted by atomic mass is 9.91. The van der Waals surface area contributed by atoms with Crippen molar-refractivity contribution >= 4 is 29.1 Å². The fourth-order valence-electron chi connectivity index (χ4n) is 4.40. The molecule has 0 unspecified atom stereocenters. The van der Waals surface area contributed by atoms with Gasteiger partial charge in [-0.1, -0.05) is 41.9 Å². The highest BCUT2D eigenvalue weighted by Crippen LogP contribution is 2.44. The number of nitro benzene ring substituents is 1. The lowest BCUT2D eigenvalue weighted by Crippen LogP contribution is -2.42. The Morgan fingerprint density at radius 1 is 1.06 bits per heavy atom. The summed E-state index contributed by atoms with van der Waals surface area (Å²) in [5.41, 5.74) is 1.97. The third-order valence-corrected chi connectivity index (χ3v) is 6.48. The first kappa shape index (κ1) is 22.5. The number of amides is 1. The van der Waals surface area contributed by atoms with E-state index < -0.39 is 11.0 Å². The van der Waals surface area contributed by atoms with Crippen LogP contribution in [0.2, 0.25) is 5.02 Å². The molecule has 1 aromatic heterocycles. The van der Waals surface area contributed by atoms with Gasteiger partial charge in [-0.3, -0.25) is 19.8 Å². The predicted molar refractivity (Wildman–Crippen MR) is 130 cm³/mol. The summed E-state index contributed by atoms with van der Waals surface area (Å²) in [6, 6.07) is 19.9. The molecule has 176 valence electrons. The van der Waals surface area contributed by atoms with Crippen LogP contribution in [0.3, 0.4) is 0 Å². The monoisotopic (exact) mass is 489 g/mol. The quantitative estimate of drug-likeness (QED) is 0.281. The van der Waals surface area contributed by atoms with Crippen molar-refractivity contribution in [2.45, 2.75) is 18.5 Å². The molecule has 1 aliphatic heterocycles. The minimum atomic E-state index is -0.500. The summed E-state index contributed by atoms with van der Waals surface area (Å²) in [6.45, 7) is 0. The fourth-order valence-corrected chi connectivity index (χ4v) is 4.67. The van der Waals surface area contributed by atoms with Gasteiger partial charge in [-0.2, -0.15) is 10.1 Å². The lowest BCUT2D eigenvalue weighted by molar-refractivity contribution is -0.384. The molecular weight excluding hydrogens is 470 g/mol. The standard InChI is InChI=1S/C25H20ClN5O4/c1-35-19-12-8-16(9-13-19)22-14-23(20-4-2-3-5-21(20)26)30-25(27-15-28-30)29(22)24(32)17-6-10-18(11-7-17)31(33)34/h2-13,15,22-23H,14H2,1H3/t22-,23+/m1/s1. The van der Waals surface area contributed by atoms with Crippen molar-refractivity contribution in [3.8, 4) is 5.75 Å². The molecule has 1 amide bonds. The van der Waals surface area contributed by atoms with E-state index in [0.29, 0.717) is 28.7 Å². The number of methoxy groups -OCH3 is 1. The van der Waals surface area contributed by atoms with Gasteiger partial charge in [0.25, 0.3) is 11.6 Å². The zero-order valence-corrected chi connectivity index (χ0v) is 19.4. The first-order valence-electron chi connectivity index (χ1n) is 10.8. The van der Waals surface area contributed by atoms with Gasteiger partial charge < -0.3 is 4.74 Å². The number of hydrogen-bond donors (Lipinski definition) is 0. The van der Waals surface area contributed by atoms with E-state index in [1.165, 1.54) is 30.6 Å². The van der Waals surface area contributed by atoms with Crippen molar-refractivity contribution < 1.29 is 14.5 Å². The van der Waals surface area contributed by atoms with Crippen LogP contribution in [0.15, 0.2) is 79.1 Å². The van der Waals surface area contributed by atoms with Crippen molar-refractivity contribution in [2.24, 2.45) is 0 Å². The number of nitrogens with zero attached hydrogens (tertiary/aromatic N) is 5. The number of benzene rings is 3. The van der Waals surface area contributed by atoms with Crippen molar-refractivity contribution in [1.29, 1.82) is 0 Å². The molecule has 0 saturated heterocycles. The van der Waals surface area contributed by atoms with E-state index in [1.807, 2.05) is 48.5 Å². The van der Waals surface area contributed by atoms with Crippen LogP contribution in [0.25, 0.3) is 0 Å². The first-order valence-corrected chi connectivity index (χ1v) is 11.2. The van der Waals surface area contributed by atoms with Crippen LogP contribution in [-0.2, 0) is 0 Å². The van der Waals surface area contributed by atoms with E-state index in [1.54, 1.807) is 16.7 Å². The van der Waals surface area contributed by atoms with Crippen LogP contribution in [0, 0.1) is 10.1 Å². The lowest BCUT2D eigenvalue weighted by Gasteiger charge is -2.39. The number of carbonyl (C=O) groups excluding carboxylic acids is 1. The number of halogens is 1. The number of aromatic nitrogens is 3. The zero-order chi connectivity index (χ0) is 24.5. The summed E-state index contributed by atoms with van der Waals surface area (Å²) in [7, 11) is 1.59. The Kier molecular flexibility index (Phi) is 5.92. The van der Waals surface area contributed by atoms with E-state index in [0.717, 1.165) is 11.1 Å². The second kappa shape index (κ2) is 9.19. The Bertz CT molecular complexity index is 1390. The molecule has 0 saturated carbocycles. The number of carbonyl (C=O) groups is 1. The maximum atomic E-state index is 13.8. The topological polar surface area (TPSA) is 103 Å². The summed E-state index contributed by atoms with van der Waals surface area (Å²) < 4.78 is 7.00. The number of non-ortho nitro benzene ring substituents is 1. The molecule has 1 aliphatic rings. The van der Waals surface area contributed by atoms with Gasteiger partial charge in [0.15, 0.2) is 0 Å². The second-order valence-corrected chi connectivity index (χ2v) is 8.45. The molecule has 9 nitrogen and oxygen atoms in total. The molecule has 2 heterocycles. The largest absolute Gasteiger partial charge is 0.497 e. The average molecular weight is 490 g/mol. The smallest absolute Gasteiger partial charge is 0.269 e. The SMILES string of the molecule is COc1ccc([C@H]2C[C@@H](c3ccccc3Cl)n3ncnc3N2C(=O)c2ccc([N+](=O)[O-])cc2)cc1. The van der Waals surface area contributed by atoms with Crippen LogP contribution >= 0.6 is 11.6 Å². The molecule has 0 bridgehead atoms. The molecule has 0 radical (unpaired) electrons. The highest BCUT2D eigenvalue weighted by molar-refractivity contribution is 6.31. The summed E-state index contributed by atoms with van der Waals surface area (Å²) in [6.07, 6.45) is 1.90. The van der Waals surface area contributed by atoms with Gasteiger partial charge in [-0.05, 0) is 47.9 Å². The molecule has 0 spiro atoms. The van der Waals surface area contributed by atoms with Gasteiger partial charge in [0, 0.05) is 22.7 Å². The Morgan fingerprint density at radius 3 is 2.43 bits per heavy atom. The fraction of sp³-hybridized carbons (Fsp3) is 0.160. The Hall–Kier alpha value is -4.24. The Labute approximate surface area is 205 Å². The zero-order valence-electron chi connectivity index (χ0n) is 18.6. The molecule has 0 fully saturated rings. The highest BCUT2D eigenvalue weighted by Gasteiger charge is 2.40. The summed E-state index contributed by atoms with van der Waals surface area (Å²) >= 11 is 6.55. The first-order chi connectivity index (χ1) is 17.0. The molecule has 10 heteroatoms. The summed E-state index contributed by atoms with van der Waals surface area (Å²) in [5.74, 6) is 0.724. The Balaban J connectivity index is 1.63. The van der Waals surface area contributed by atoms with Crippen LogP contribution in [-0.4, -0.2) is 32.7 Å². The number of hydrogen-bond acceptors (Lipinski definition) is 6. The van der Waals surface area contributed by atoms with Gasteiger partial charge in [-0.25, -0.2) is 4.68 Å². The average Bonchev–Trinajstić information content (AvgIpc) is 3.38.